The fourth-order valence-corrected chi connectivity index (χ4v) is 3.30. The van der Waals surface area contributed by atoms with Crippen molar-refractivity contribution in [2.24, 2.45) is 5.92 Å². The fourth-order valence-electron chi connectivity index (χ4n) is 2.67. The van der Waals surface area contributed by atoms with E-state index in [1.807, 2.05) is 24.3 Å². The van der Waals surface area contributed by atoms with Gasteiger partial charge in [-0.15, -0.1) is 11.3 Å². The molecule has 2 atom stereocenters. The zero-order chi connectivity index (χ0) is 21.4. The normalized spacial score (nSPS) is 12.9. The van der Waals surface area contributed by atoms with Gasteiger partial charge in [0, 0.05) is 5.69 Å². The summed E-state index contributed by atoms with van der Waals surface area (Å²) < 4.78 is 5.13. The fraction of sp³-hybridized carbons (Fsp3) is 0.409. The molecule has 0 saturated carbocycles. The Morgan fingerprint density at radius 3 is 2.31 bits per heavy atom. The van der Waals surface area contributed by atoms with E-state index in [4.69, 9.17) is 4.74 Å². The topological polar surface area (TPSA) is 84.5 Å². The molecule has 2 N–H and O–H groups in total. The Bertz CT molecular complexity index is 816. The summed E-state index contributed by atoms with van der Waals surface area (Å²) in [4.78, 5) is 37.2. The second kappa shape index (κ2) is 10.8. The predicted molar refractivity (Wildman–Crippen MR) is 115 cm³/mol. The van der Waals surface area contributed by atoms with E-state index in [9.17, 15) is 14.4 Å². The van der Waals surface area contributed by atoms with Crippen LogP contribution in [-0.4, -0.2) is 30.4 Å². The lowest BCUT2D eigenvalue weighted by molar-refractivity contribution is -0.150. The molecule has 29 heavy (non-hydrogen) atoms. The van der Waals surface area contributed by atoms with Crippen LogP contribution in [0.15, 0.2) is 41.8 Å². The van der Waals surface area contributed by atoms with Crippen molar-refractivity contribution in [3.8, 4) is 0 Å². The quantitative estimate of drug-likeness (QED) is 0.600. The summed E-state index contributed by atoms with van der Waals surface area (Å²) >= 11 is 1.29. The van der Waals surface area contributed by atoms with Gasteiger partial charge in [-0.2, -0.15) is 0 Å². The average Bonchev–Trinajstić information content (AvgIpc) is 3.24. The van der Waals surface area contributed by atoms with E-state index < -0.39 is 24.5 Å². The first-order chi connectivity index (χ1) is 13.8. The number of carbonyl (C=O) groups excluding carboxylic acids is 3. The lowest BCUT2D eigenvalue weighted by Crippen LogP contribution is -2.45. The highest BCUT2D eigenvalue weighted by molar-refractivity contribution is 7.12. The van der Waals surface area contributed by atoms with E-state index in [-0.39, 0.29) is 11.8 Å². The number of rotatable bonds is 9. The molecule has 0 unspecified atom stereocenters. The Kier molecular flexibility index (Phi) is 8.39. The van der Waals surface area contributed by atoms with Gasteiger partial charge in [-0.1, -0.05) is 45.9 Å². The molecule has 156 valence electrons. The number of thiophene rings is 1. The van der Waals surface area contributed by atoms with E-state index in [1.54, 1.807) is 31.4 Å². The third-order valence-corrected chi connectivity index (χ3v) is 5.54. The second-order valence-corrected chi connectivity index (χ2v) is 8.21. The van der Waals surface area contributed by atoms with Crippen LogP contribution in [0.3, 0.4) is 0 Å². The van der Waals surface area contributed by atoms with Gasteiger partial charge in [0.15, 0.2) is 6.61 Å². The molecule has 2 aromatic rings. The number of esters is 1. The molecule has 0 aliphatic heterocycles. The lowest BCUT2D eigenvalue weighted by atomic mass is 9.99. The van der Waals surface area contributed by atoms with Crippen molar-refractivity contribution in [1.82, 2.24) is 5.32 Å². The summed E-state index contributed by atoms with van der Waals surface area (Å²) in [7, 11) is 0. The Balaban J connectivity index is 1.87. The standard InChI is InChI=1S/C22H28N2O4S/c1-5-15(4)16-8-10-17(11-9-16)23-19(25)13-28-22(27)20(14(2)3)24-21(26)18-7-6-12-29-18/h6-12,14-15,20H,5,13H2,1-4H3,(H,23,25)(H,24,26)/t15-,20+/m1/s1. The lowest BCUT2D eigenvalue weighted by Gasteiger charge is -2.20. The van der Waals surface area contributed by atoms with Crippen LogP contribution in [0.2, 0.25) is 0 Å². The first-order valence-corrected chi connectivity index (χ1v) is 10.6. The molecule has 0 spiro atoms. The number of hydrogen-bond acceptors (Lipinski definition) is 5. The van der Waals surface area contributed by atoms with Gasteiger partial charge in [0.1, 0.15) is 6.04 Å². The highest BCUT2D eigenvalue weighted by Crippen LogP contribution is 2.20. The summed E-state index contributed by atoms with van der Waals surface area (Å²) in [5.74, 6) is -1.11. The Morgan fingerprint density at radius 2 is 1.76 bits per heavy atom. The Labute approximate surface area is 175 Å². The average molecular weight is 417 g/mol. The number of benzene rings is 1. The molecular formula is C22H28N2O4S. The van der Waals surface area contributed by atoms with Crippen molar-refractivity contribution in [2.45, 2.75) is 46.1 Å². The number of amides is 2. The molecule has 0 saturated heterocycles. The first-order valence-electron chi connectivity index (χ1n) is 9.72. The van der Waals surface area contributed by atoms with Crippen LogP contribution in [0.4, 0.5) is 5.69 Å². The minimum absolute atomic E-state index is 0.178. The van der Waals surface area contributed by atoms with Gasteiger partial charge in [0.25, 0.3) is 11.8 Å². The predicted octanol–water partition coefficient (Wildman–Crippen LogP) is 4.20. The van der Waals surface area contributed by atoms with Crippen molar-refractivity contribution in [3.63, 3.8) is 0 Å². The molecule has 1 aromatic heterocycles. The van der Waals surface area contributed by atoms with Crippen molar-refractivity contribution < 1.29 is 19.1 Å². The first kappa shape index (κ1) is 22.6. The summed E-state index contributed by atoms with van der Waals surface area (Å²) in [5, 5.41) is 7.18. The van der Waals surface area contributed by atoms with Gasteiger partial charge in [-0.25, -0.2) is 4.79 Å². The van der Waals surface area contributed by atoms with Crippen LogP contribution in [0.1, 0.15) is 55.3 Å². The van der Waals surface area contributed by atoms with E-state index >= 15 is 0 Å². The minimum Gasteiger partial charge on any atom is -0.454 e. The van der Waals surface area contributed by atoms with Crippen molar-refractivity contribution >= 4 is 34.8 Å². The number of anilines is 1. The molecule has 1 heterocycles. The SMILES string of the molecule is CC[C@@H](C)c1ccc(NC(=O)COC(=O)[C@@H](NC(=O)c2cccs2)C(C)C)cc1. The highest BCUT2D eigenvalue weighted by atomic mass is 32.1. The van der Waals surface area contributed by atoms with Gasteiger partial charge in [-0.3, -0.25) is 9.59 Å². The van der Waals surface area contributed by atoms with E-state index in [1.165, 1.54) is 16.9 Å². The molecule has 0 fully saturated rings. The zero-order valence-electron chi connectivity index (χ0n) is 17.2. The molecule has 1 aromatic carbocycles. The largest absolute Gasteiger partial charge is 0.454 e. The maximum absolute atomic E-state index is 12.4. The summed E-state index contributed by atoms with van der Waals surface area (Å²) in [6, 6.07) is 10.2. The molecule has 0 bridgehead atoms. The van der Waals surface area contributed by atoms with Crippen molar-refractivity contribution in [2.75, 3.05) is 11.9 Å². The summed E-state index contributed by atoms with van der Waals surface area (Å²) in [5.41, 5.74) is 1.85. The monoisotopic (exact) mass is 416 g/mol. The maximum Gasteiger partial charge on any atom is 0.329 e. The van der Waals surface area contributed by atoms with Crippen LogP contribution < -0.4 is 10.6 Å². The smallest absolute Gasteiger partial charge is 0.329 e. The number of carbonyl (C=O) groups is 3. The molecule has 7 heteroatoms. The van der Waals surface area contributed by atoms with Crippen LogP contribution >= 0.6 is 11.3 Å². The van der Waals surface area contributed by atoms with Crippen molar-refractivity contribution in [3.05, 3.63) is 52.2 Å². The maximum atomic E-state index is 12.4. The molecule has 2 amide bonds. The molecule has 0 aliphatic carbocycles. The van der Waals surface area contributed by atoms with Crippen LogP contribution in [0.5, 0.6) is 0 Å². The van der Waals surface area contributed by atoms with E-state index in [2.05, 4.69) is 24.5 Å². The number of hydrogen-bond donors (Lipinski definition) is 2. The molecule has 2 rings (SSSR count). The Hall–Kier alpha value is -2.67. The molecule has 6 nitrogen and oxygen atoms in total. The minimum atomic E-state index is -0.827. The van der Waals surface area contributed by atoms with Gasteiger partial charge in [-0.05, 0) is 47.4 Å². The van der Waals surface area contributed by atoms with Crippen LogP contribution in [0.25, 0.3) is 0 Å². The molecule has 0 aliphatic rings. The summed E-state index contributed by atoms with van der Waals surface area (Å²) in [6.07, 6.45) is 1.04. The summed E-state index contributed by atoms with van der Waals surface area (Å²) in [6.45, 7) is 7.47. The van der Waals surface area contributed by atoms with Gasteiger partial charge in [0.05, 0.1) is 4.88 Å². The van der Waals surface area contributed by atoms with Gasteiger partial charge < -0.3 is 15.4 Å². The highest BCUT2D eigenvalue weighted by Gasteiger charge is 2.27. The van der Waals surface area contributed by atoms with Gasteiger partial charge >= 0.3 is 5.97 Å². The van der Waals surface area contributed by atoms with Crippen LogP contribution in [-0.2, 0) is 14.3 Å². The second-order valence-electron chi connectivity index (χ2n) is 7.26. The molecule has 0 radical (unpaired) electrons. The van der Waals surface area contributed by atoms with E-state index in [0.29, 0.717) is 16.5 Å². The zero-order valence-corrected chi connectivity index (χ0v) is 18.0. The van der Waals surface area contributed by atoms with Crippen molar-refractivity contribution in [1.29, 1.82) is 0 Å². The molecular weight excluding hydrogens is 388 g/mol. The third kappa shape index (κ3) is 6.71. The Morgan fingerprint density at radius 1 is 1.07 bits per heavy atom. The van der Waals surface area contributed by atoms with Gasteiger partial charge in [0.2, 0.25) is 0 Å². The number of nitrogens with one attached hydrogen (secondary N) is 2. The number of ether oxygens (including phenoxy) is 1. The van der Waals surface area contributed by atoms with E-state index in [0.717, 1.165) is 6.42 Å². The van der Waals surface area contributed by atoms with Crippen LogP contribution in [0, 0.1) is 5.92 Å². The third-order valence-electron chi connectivity index (χ3n) is 4.67.